The zero-order chi connectivity index (χ0) is 27.0. The Morgan fingerprint density at radius 2 is 1.92 bits per heavy atom. The molecule has 4 atom stereocenters. The van der Waals surface area contributed by atoms with Crippen LogP contribution in [0.25, 0.3) is 6.08 Å². The highest BCUT2D eigenvalue weighted by molar-refractivity contribution is 6.43. The third-order valence-corrected chi connectivity index (χ3v) is 9.23. The van der Waals surface area contributed by atoms with Gasteiger partial charge in [0, 0.05) is 6.04 Å². The molecule has 0 unspecified atom stereocenters. The van der Waals surface area contributed by atoms with E-state index in [0.29, 0.717) is 31.1 Å². The molecule has 8 heteroatoms. The minimum atomic E-state index is -0.975. The fourth-order valence-corrected chi connectivity index (χ4v) is 7.34. The minimum absolute atomic E-state index is 0.00763. The van der Waals surface area contributed by atoms with Gasteiger partial charge in [0.25, 0.3) is 0 Å². The largest absolute Gasteiger partial charge is 0.505 e. The van der Waals surface area contributed by atoms with Gasteiger partial charge in [-0.3, -0.25) is 14.5 Å². The Hall–Kier alpha value is -2.45. The second-order valence-electron chi connectivity index (χ2n) is 11.4. The van der Waals surface area contributed by atoms with Crippen LogP contribution in [-0.2, 0) is 14.2 Å². The van der Waals surface area contributed by atoms with Crippen molar-refractivity contribution in [2.45, 2.75) is 96.5 Å². The SMILES string of the molecule is CCC1=C2[C@@H](CC/C(=C/c3ccc(O)c(F)c3)CC)OB(O)C[C@@H]2[C@@H]2C(=O)N(C3CCCCC3)C(=O)[C@@H]2C1. The number of phenolic OH excluding ortho intramolecular Hbond substituents is 1. The molecule has 2 aliphatic carbocycles. The van der Waals surface area contributed by atoms with Gasteiger partial charge in [0.05, 0.1) is 17.9 Å². The molecule has 0 bridgehead atoms. The van der Waals surface area contributed by atoms with Crippen LogP contribution >= 0.6 is 0 Å². The number of aromatic hydroxyl groups is 1. The van der Waals surface area contributed by atoms with Crippen molar-refractivity contribution in [3.8, 4) is 5.75 Å². The smallest absolute Gasteiger partial charge is 0.455 e. The molecule has 1 aromatic carbocycles. The summed E-state index contributed by atoms with van der Waals surface area (Å²) in [6, 6.07) is 4.38. The van der Waals surface area contributed by atoms with Gasteiger partial charge in [-0.05, 0) is 80.5 Å². The van der Waals surface area contributed by atoms with Gasteiger partial charge in [0.2, 0.25) is 11.8 Å². The monoisotopic (exact) mass is 523 g/mol. The molecule has 204 valence electrons. The molecule has 3 fully saturated rings. The van der Waals surface area contributed by atoms with Gasteiger partial charge in [0.1, 0.15) is 0 Å². The summed E-state index contributed by atoms with van der Waals surface area (Å²) < 4.78 is 19.9. The van der Waals surface area contributed by atoms with E-state index in [2.05, 4.69) is 6.92 Å². The van der Waals surface area contributed by atoms with Gasteiger partial charge in [-0.2, -0.15) is 0 Å². The first-order valence-corrected chi connectivity index (χ1v) is 14.4. The van der Waals surface area contributed by atoms with E-state index in [0.717, 1.165) is 56.1 Å². The van der Waals surface area contributed by atoms with Crippen LogP contribution in [0.3, 0.4) is 0 Å². The molecule has 2 N–H and O–H groups in total. The molecule has 2 amide bonds. The molecule has 0 aromatic heterocycles. The molecule has 2 heterocycles. The predicted octanol–water partition coefficient (Wildman–Crippen LogP) is 5.64. The first-order chi connectivity index (χ1) is 18.3. The number of hydrogen-bond donors (Lipinski definition) is 2. The average molecular weight is 523 g/mol. The second kappa shape index (κ2) is 11.3. The Morgan fingerprint density at radius 3 is 2.61 bits per heavy atom. The maximum absolute atomic E-state index is 13.8. The highest BCUT2D eigenvalue weighted by atomic mass is 19.1. The van der Waals surface area contributed by atoms with Crippen LogP contribution in [0, 0.1) is 23.6 Å². The lowest BCUT2D eigenvalue weighted by Crippen LogP contribution is -2.46. The van der Waals surface area contributed by atoms with Crippen molar-refractivity contribution in [1.29, 1.82) is 0 Å². The maximum atomic E-state index is 13.8. The van der Waals surface area contributed by atoms with Crippen molar-refractivity contribution >= 4 is 25.0 Å². The first-order valence-electron chi connectivity index (χ1n) is 14.4. The van der Waals surface area contributed by atoms with E-state index in [-0.39, 0.29) is 41.5 Å². The number of halogens is 1. The van der Waals surface area contributed by atoms with E-state index in [4.69, 9.17) is 4.65 Å². The number of phenols is 1. The van der Waals surface area contributed by atoms with Gasteiger partial charge in [0.15, 0.2) is 11.6 Å². The normalized spacial score (nSPS) is 28.7. The molecule has 4 aliphatic rings. The van der Waals surface area contributed by atoms with Crippen molar-refractivity contribution in [1.82, 2.24) is 4.90 Å². The fraction of sp³-hybridized carbons (Fsp3) is 0.600. The van der Waals surface area contributed by atoms with E-state index >= 15 is 0 Å². The number of imide groups is 1. The van der Waals surface area contributed by atoms with Crippen LogP contribution in [0.2, 0.25) is 6.32 Å². The second-order valence-corrected chi connectivity index (χ2v) is 11.4. The van der Waals surface area contributed by atoms with E-state index in [1.54, 1.807) is 11.0 Å². The maximum Gasteiger partial charge on any atom is 0.455 e. The van der Waals surface area contributed by atoms with Crippen LogP contribution in [-0.4, -0.2) is 46.1 Å². The van der Waals surface area contributed by atoms with Crippen molar-refractivity contribution in [3.05, 3.63) is 46.3 Å². The summed E-state index contributed by atoms with van der Waals surface area (Å²) in [4.78, 5) is 28.9. The minimum Gasteiger partial charge on any atom is -0.505 e. The Bertz CT molecular complexity index is 1140. The molecular formula is C30H39BFNO5. The van der Waals surface area contributed by atoms with E-state index < -0.39 is 18.9 Å². The first kappa shape index (κ1) is 27.1. The van der Waals surface area contributed by atoms with E-state index in [9.17, 15) is 24.1 Å². The van der Waals surface area contributed by atoms with E-state index in [1.165, 1.54) is 17.7 Å². The zero-order valence-corrected chi connectivity index (χ0v) is 22.5. The number of nitrogens with zero attached hydrogens (tertiary/aromatic N) is 1. The predicted molar refractivity (Wildman–Crippen MR) is 144 cm³/mol. The van der Waals surface area contributed by atoms with Gasteiger partial charge >= 0.3 is 7.12 Å². The molecule has 1 aromatic rings. The fourth-order valence-electron chi connectivity index (χ4n) is 7.34. The number of likely N-dealkylation sites (tertiary alicyclic amines) is 1. The molecule has 38 heavy (non-hydrogen) atoms. The number of amides is 2. The zero-order valence-electron chi connectivity index (χ0n) is 22.5. The number of carbonyl (C=O) groups is 2. The van der Waals surface area contributed by atoms with Crippen molar-refractivity contribution in [2.24, 2.45) is 17.8 Å². The summed E-state index contributed by atoms with van der Waals surface area (Å²) in [6.45, 7) is 4.14. The summed E-state index contributed by atoms with van der Waals surface area (Å²) in [7, 11) is -0.975. The molecule has 5 rings (SSSR count). The highest BCUT2D eigenvalue weighted by Crippen LogP contribution is 2.52. The summed E-state index contributed by atoms with van der Waals surface area (Å²) in [6.07, 6.45) is 10.5. The van der Waals surface area contributed by atoms with Crippen LogP contribution in [0.4, 0.5) is 4.39 Å². The van der Waals surface area contributed by atoms with E-state index in [1.807, 2.05) is 13.0 Å². The summed E-state index contributed by atoms with van der Waals surface area (Å²) in [5.41, 5.74) is 4.11. The molecule has 6 nitrogen and oxygen atoms in total. The Morgan fingerprint density at radius 1 is 1.16 bits per heavy atom. The van der Waals surface area contributed by atoms with Crippen LogP contribution in [0.1, 0.15) is 83.6 Å². The lowest BCUT2D eigenvalue weighted by molar-refractivity contribution is -0.143. The topological polar surface area (TPSA) is 87.1 Å². The number of hydrogen-bond acceptors (Lipinski definition) is 5. The third-order valence-electron chi connectivity index (χ3n) is 9.23. The number of fused-ring (bicyclic) bond motifs is 3. The lowest BCUT2D eigenvalue weighted by atomic mass is 9.58. The number of allylic oxidation sites excluding steroid dienone is 2. The summed E-state index contributed by atoms with van der Waals surface area (Å²) >= 11 is 0. The number of benzene rings is 1. The van der Waals surface area contributed by atoms with Gasteiger partial charge in [-0.25, -0.2) is 4.39 Å². The van der Waals surface area contributed by atoms with Crippen LogP contribution in [0.5, 0.6) is 5.75 Å². The Kier molecular flexibility index (Phi) is 8.10. The summed E-state index contributed by atoms with van der Waals surface area (Å²) in [5, 5.41) is 20.2. The van der Waals surface area contributed by atoms with Crippen LogP contribution < -0.4 is 0 Å². The molecule has 1 saturated carbocycles. The average Bonchev–Trinajstić information content (AvgIpc) is 3.17. The Labute approximate surface area is 225 Å². The van der Waals surface area contributed by atoms with Crippen molar-refractivity contribution in [2.75, 3.05) is 0 Å². The Balaban J connectivity index is 1.38. The molecule has 0 spiro atoms. The molecule has 2 aliphatic heterocycles. The third kappa shape index (κ3) is 5.09. The molecular weight excluding hydrogens is 484 g/mol. The highest BCUT2D eigenvalue weighted by Gasteiger charge is 2.58. The lowest BCUT2D eigenvalue weighted by Gasteiger charge is -2.43. The van der Waals surface area contributed by atoms with Crippen LogP contribution in [0.15, 0.2) is 34.9 Å². The van der Waals surface area contributed by atoms with Crippen molar-refractivity contribution < 1.29 is 28.8 Å². The van der Waals surface area contributed by atoms with Crippen molar-refractivity contribution in [3.63, 3.8) is 0 Å². The summed E-state index contributed by atoms with van der Waals surface area (Å²) in [5.74, 6) is -1.97. The molecule has 0 radical (unpaired) electrons. The molecule has 2 saturated heterocycles. The number of rotatable bonds is 7. The van der Waals surface area contributed by atoms with Gasteiger partial charge in [-0.1, -0.05) is 56.4 Å². The number of carbonyl (C=O) groups excluding carboxylic acids is 2. The van der Waals surface area contributed by atoms with Gasteiger partial charge in [-0.15, -0.1) is 0 Å². The quantitative estimate of drug-likeness (QED) is 0.274. The standard InChI is InChI=1S/C30H39BFNO5/c1-3-18(14-19-10-12-25(34)24(32)15-19)11-13-26-27-20(4-2)16-22-28(23(27)17-31(37)38-26)30(36)33(29(22)35)21-8-6-5-7-9-21/h10,12,14-15,21-23,26,28,34,37H,3-9,11,13,16-17H2,1-2H3/b18-14+/t22-,23+,26-,28-/m1/s1. The van der Waals surface area contributed by atoms with Gasteiger partial charge < -0.3 is 14.8 Å².